The third-order valence-electron chi connectivity index (χ3n) is 2.97. The number of hydrogen-bond acceptors (Lipinski definition) is 4. The van der Waals surface area contributed by atoms with E-state index in [0.717, 1.165) is 10.6 Å². The van der Waals surface area contributed by atoms with Crippen LogP contribution in [0.5, 0.6) is 0 Å². The summed E-state index contributed by atoms with van der Waals surface area (Å²) in [5.41, 5.74) is 7.83. The molecule has 0 fully saturated rings. The fourth-order valence-corrected chi connectivity index (χ4v) is 3.00. The van der Waals surface area contributed by atoms with E-state index in [4.69, 9.17) is 17.3 Å². The van der Waals surface area contributed by atoms with E-state index in [1.807, 2.05) is 18.2 Å². The van der Waals surface area contributed by atoms with Crippen molar-refractivity contribution in [2.75, 3.05) is 5.73 Å². The Bertz CT molecular complexity index is 863. The lowest BCUT2D eigenvalue weighted by molar-refractivity contribution is 1.01. The van der Waals surface area contributed by atoms with Crippen LogP contribution in [0.3, 0.4) is 0 Å². The van der Waals surface area contributed by atoms with Gasteiger partial charge in [0.15, 0.2) is 0 Å². The zero-order valence-corrected chi connectivity index (χ0v) is 12.6. The highest BCUT2D eigenvalue weighted by Crippen LogP contribution is 2.29. The van der Waals surface area contributed by atoms with Crippen molar-refractivity contribution in [2.45, 2.75) is 10.6 Å². The molecule has 2 heterocycles. The van der Waals surface area contributed by atoms with Crippen molar-refractivity contribution in [3.05, 3.63) is 69.7 Å². The second kappa shape index (κ2) is 5.79. The van der Waals surface area contributed by atoms with Crippen molar-refractivity contribution in [3.63, 3.8) is 0 Å². The molecule has 0 aliphatic carbocycles. The number of nitrogen functional groups attached to an aromatic ring is 1. The average molecular weight is 318 g/mol. The number of halogens is 1. The molecule has 106 valence electrons. The molecule has 1 aromatic carbocycles. The summed E-state index contributed by atoms with van der Waals surface area (Å²) >= 11 is 7.41. The van der Waals surface area contributed by atoms with Crippen LogP contribution in [0.4, 0.5) is 5.69 Å². The molecule has 3 aromatic rings. The fraction of sp³-hybridized carbons (Fsp3) is 0.0667. The van der Waals surface area contributed by atoms with E-state index >= 15 is 0 Å². The number of benzene rings is 1. The molecule has 0 aliphatic rings. The first-order valence-corrected chi connectivity index (χ1v) is 7.65. The van der Waals surface area contributed by atoms with Gasteiger partial charge >= 0.3 is 0 Å². The Morgan fingerprint density at radius 2 is 2.10 bits per heavy atom. The maximum atomic E-state index is 12.0. The van der Waals surface area contributed by atoms with Gasteiger partial charge in [0.25, 0.3) is 5.56 Å². The number of hydrogen-bond donors (Lipinski definition) is 1. The quantitative estimate of drug-likeness (QED) is 0.595. The van der Waals surface area contributed by atoms with Crippen LogP contribution in [-0.4, -0.2) is 9.38 Å². The highest BCUT2D eigenvalue weighted by molar-refractivity contribution is 7.98. The van der Waals surface area contributed by atoms with Gasteiger partial charge in [-0.15, -0.1) is 11.8 Å². The second-order valence-corrected chi connectivity index (χ2v) is 5.94. The van der Waals surface area contributed by atoms with Crippen molar-refractivity contribution >= 4 is 34.7 Å². The first-order valence-electron chi connectivity index (χ1n) is 6.28. The average Bonchev–Trinajstić information content (AvgIpc) is 2.46. The summed E-state index contributed by atoms with van der Waals surface area (Å²) in [7, 11) is 0. The molecule has 0 aliphatic heterocycles. The molecule has 0 amide bonds. The Balaban J connectivity index is 1.87. The van der Waals surface area contributed by atoms with E-state index in [9.17, 15) is 4.79 Å². The minimum absolute atomic E-state index is 0.0831. The Morgan fingerprint density at radius 1 is 1.24 bits per heavy atom. The molecule has 0 unspecified atom stereocenters. The molecule has 0 bridgehead atoms. The summed E-state index contributed by atoms with van der Waals surface area (Å²) in [5.74, 6) is 0.576. The molecule has 0 spiro atoms. The number of nitrogens with two attached hydrogens (primary N) is 1. The lowest BCUT2D eigenvalue weighted by Gasteiger charge is -2.06. The standard InChI is InChI=1S/C15H12ClN3OS/c16-10-4-5-13(12(17)7-10)21-9-11-8-15(20)19-6-2-1-3-14(19)18-11/h1-8H,9,17H2. The van der Waals surface area contributed by atoms with Crippen molar-refractivity contribution in [1.29, 1.82) is 0 Å². The van der Waals surface area contributed by atoms with Crippen molar-refractivity contribution in [3.8, 4) is 0 Å². The number of rotatable bonds is 3. The van der Waals surface area contributed by atoms with E-state index in [1.165, 1.54) is 16.2 Å². The molecule has 2 aromatic heterocycles. The van der Waals surface area contributed by atoms with Crippen LogP contribution in [0.1, 0.15) is 5.69 Å². The molecule has 3 rings (SSSR count). The molecule has 6 heteroatoms. The van der Waals surface area contributed by atoms with Gasteiger partial charge in [0.2, 0.25) is 0 Å². The minimum Gasteiger partial charge on any atom is -0.398 e. The molecule has 0 saturated carbocycles. The maximum absolute atomic E-state index is 12.0. The number of aromatic nitrogens is 2. The molecule has 0 radical (unpaired) electrons. The lowest BCUT2D eigenvalue weighted by Crippen LogP contribution is -2.14. The van der Waals surface area contributed by atoms with Gasteiger partial charge in [-0.05, 0) is 30.3 Å². The van der Waals surface area contributed by atoms with Crippen molar-refractivity contribution in [2.24, 2.45) is 0 Å². The summed E-state index contributed by atoms with van der Waals surface area (Å²) in [6.07, 6.45) is 1.71. The number of fused-ring (bicyclic) bond motifs is 1. The van der Waals surface area contributed by atoms with Crippen molar-refractivity contribution in [1.82, 2.24) is 9.38 Å². The van der Waals surface area contributed by atoms with Gasteiger partial charge in [0.05, 0.1) is 5.69 Å². The molecule has 0 saturated heterocycles. The van der Waals surface area contributed by atoms with Crippen molar-refractivity contribution < 1.29 is 0 Å². The highest BCUT2D eigenvalue weighted by Gasteiger charge is 2.05. The van der Waals surface area contributed by atoms with E-state index in [-0.39, 0.29) is 5.56 Å². The highest BCUT2D eigenvalue weighted by atomic mass is 35.5. The number of nitrogens with zero attached hydrogens (tertiary/aromatic N) is 2. The molecule has 0 atom stereocenters. The van der Waals surface area contributed by atoms with Gasteiger partial charge in [-0.3, -0.25) is 9.20 Å². The van der Waals surface area contributed by atoms with Crippen LogP contribution in [0.15, 0.2) is 58.4 Å². The Labute approximate surface area is 130 Å². The summed E-state index contributed by atoms with van der Waals surface area (Å²) in [4.78, 5) is 17.4. The third-order valence-corrected chi connectivity index (χ3v) is 4.33. The number of pyridine rings is 1. The van der Waals surface area contributed by atoms with Crippen LogP contribution in [0, 0.1) is 0 Å². The molecular weight excluding hydrogens is 306 g/mol. The molecule has 21 heavy (non-hydrogen) atoms. The number of anilines is 1. The van der Waals surface area contributed by atoms with Gasteiger partial charge in [-0.25, -0.2) is 4.98 Å². The predicted octanol–water partition coefficient (Wildman–Crippen LogP) is 3.22. The Morgan fingerprint density at radius 3 is 2.90 bits per heavy atom. The molecular formula is C15H12ClN3OS. The zero-order valence-electron chi connectivity index (χ0n) is 11.0. The van der Waals surface area contributed by atoms with Crippen LogP contribution < -0.4 is 11.3 Å². The topological polar surface area (TPSA) is 60.4 Å². The van der Waals surface area contributed by atoms with Gasteiger partial charge in [-0.1, -0.05) is 17.7 Å². The summed E-state index contributed by atoms with van der Waals surface area (Å²) in [6, 6.07) is 12.4. The largest absolute Gasteiger partial charge is 0.398 e. The predicted molar refractivity (Wildman–Crippen MR) is 86.9 cm³/mol. The zero-order chi connectivity index (χ0) is 14.8. The van der Waals surface area contributed by atoms with E-state index in [0.29, 0.717) is 22.1 Å². The summed E-state index contributed by atoms with van der Waals surface area (Å²) in [6.45, 7) is 0. The van der Waals surface area contributed by atoms with E-state index in [2.05, 4.69) is 4.98 Å². The second-order valence-electron chi connectivity index (χ2n) is 4.49. The van der Waals surface area contributed by atoms with E-state index in [1.54, 1.807) is 30.5 Å². The normalized spacial score (nSPS) is 10.9. The van der Waals surface area contributed by atoms with Crippen LogP contribution >= 0.6 is 23.4 Å². The van der Waals surface area contributed by atoms with Crippen LogP contribution in [-0.2, 0) is 5.75 Å². The van der Waals surface area contributed by atoms with Crippen LogP contribution in [0.2, 0.25) is 5.02 Å². The third kappa shape index (κ3) is 3.04. The summed E-state index contributed by atoms with van der Waals surface area (Å²) < 4.78 is 1.52. The van der Waals surface area contributed by atoms with Gasteiger partial charge in [-0.2, -0.15) is 0 Å². The van der Waals surface area contributed by atoms with Gasteiger partial charge in [0, 0.05) is 33.6 Å². The molecule has 2 N–H and O–H groups in total. The maximum Gasteiger partial charge on any atom is 0.258 e. The van der Waals surface area contributed by atoms with Gasteiger partial charge < -0.3 is 5.73 Å². The number of thioether (sulfide) groups is 1. The lowest BCUT2D eigenvalue weighted by atomic mass is 10.3. The smallest absolute Gasteiger partial charge is 0.258 e. The first kappa shape index (κ1) is 14.0. The Kier molecular flexibility index (Phi) is 3.86. The SMILES string of the molecule is Nc1cc(Cl)ccc1SCc1cc(=O)n2ccccc2n1. The molecule has 4 nitrogen and oxygen atoms in total. The van der Waals surface area contributed by atoms with Gasteiger partial charge in [0.1, 0.15) is 5.65 Å². The summed E-state index contributed by atoms with van der Waals surface area (Å²) in [5, 5.41) is 0.610. The van der Waals surface area contributed by atoms with E-state index < -0.39 is 0 Å². The fourth-order valence-electron chi connectivity index (χ4n) is 1.98. The Hall–Kier alpha value is -1.98. The monoisotopic (exact) mass is 317 g/mol. The minimum atomic E-state index is -0.0831. The first-order chi connectivity index (χ1) is 10.1. The van der Waals surface area contributed by atoms with Crippen LogP contribution in [0.25, 0.3) is 5.65 Å².